The number of halogens is 4. The third-order valence-corrected chi connectivity index (χ3v) is 7.14. The molecule has 0 unspecified atom stereocenters. The van der Waals surface area contributed by atoms with Gasteiger partial charge < -0.3 is 18.9 Å². The van der Waals surface area contributed by atoms with E-state index in [1.807, 2.05) is 12.1 Å². The van der Waals surface area contributed by atoms with Gasteiger partial charge >= 0.3 is 0 Å². The molecule has 0 fully saturated rings. The predicted molar refractivity (Wildman–Crippen MR) is 129 cm³/mol. The van der Waals surface area contributed by atoms with Gasteiger partial charge in [0.1, 0.15) is 0 Å². The van der Waals surface area contributed by atoms with E-state index < -0.39 is 0 Å². The monoisotopic (exact) mass is 778 g/mol. The molecule has 0 radical (unpaired) electrons. The Hall–Kier alpha value is 0.560. The Bertz CT molecular complexity index is 712. The molecule has 2 rings (SSSR count). The number of ether oxygens (including phenoxy) is 4. The van der Waals surface area contributed by atoms with Crippen molar-refractivity contribution in [1.29, 1.82) is 0 Å². The van der Waals surface area contributed by atoms with Crippen molar-refractivity contribution in [3.63, 3.8) is 0 Å². The lowest BCUT2D eigenvalue weighted by Gasteiger charge is -2.20. The van der Waals surface area contributed by atoms with Gasteiger partial charge in [-0.3, -0.25) is 0 Å². The third kappa shape index (κ3) is 3.80. The van der Waals surface area contributed by atoms with E-state index in [1.165, 1.54) is 0 Å². The van der Waals surface area contributed by atoms with Crippen LogP contribution >= 0.6 is 90.4 Å². The Balaban J connectivity index is 2.87. The van der Waals surface area contributed by atoms with Crippen LogP contribution in [0.3, 0.4) is 0 Å². The molecule has 0 aliphatic rings. The van der Waals surface area contributed by atoms with E-state index in [2.05, 4.69) is 90.4 Å². The first-order valence-electron chi connectivity index (χ1n) is 6.61. The van der Waals surface area contributed by atoms with Crippen LogP contribution in [0.25, 0.3) is 11.1 Å². The fourth-order valence-electron chi connectivity index (χ4n) is 2.30. The average molecular weight is 778 g/mol. The molecule has 0 atom stereocenters. The fourth-order valence-corrected chi connectivity index (χ4v) is 7.07. The van der Waals surface area contributed by atoms with Crippen LogP contribution in [-0.2, 0) is 0 Å². The van der Waals surface area contributed by atoms with Gasteiger partial charge in [0.25, 0.3) is 0 Å². The van der Waals surface area contributed by atoms with E-state index >= 15 is 0 Å². The Kier molecular flexibility index (Phi) is 7.80. The molecule has 2 aromatic carbocycles. The molecule has 130 valence electrons. The first kappa shape index (κ1) is 20.9. The van der Waals surface area contributed by atoms with Crippen LogP contribution in [0.5, 0.6) is 23.0 Å². The number of benzene rings is 2. The quantitative estimate of drug-likeness (QED) is 0.360. The van der Waals surface area contributed by atoms with Crippen LogP contribution in [0.1, 0.15) is 0 Å². The van der Waals surface area contributed by atoms with E-state index in [-0.39, 0.29) is 0 Å². The van der Waals surface area contributed by atoms with E-state index in [0.29, 0.717) is 0 Å². The summed E-state index contributed by atoms with van der Waals surface area (Å²) in [5.74, 6) is 2.91. The molecule has 24 heavy (non-hydrogen) atoms. The SMILES string of the molecule is COc1cc(I)c(-c2c(I)cc(OC)c(OC)c2I)c(I)c1OC. The highest BCUT2D eigenvalue weighted by molar-refractivity contribution is 14.1. The lowest BCUT2D eigenvalue weighted by Crippen LogP contribution is -2.02. The summed E-state index contributed by atoms with van der Waals surface area (Å²) >= 11 is 9.27. The molecule has 0 amide bonds. The molecular weight excluding hydrogens is 764 g/mol. The van der Waals surface area contributed by atoms with Gasteiger partial charge in [0.15, 0.2) is 23.0 Å². The zero-order valence-corrected chi connectivity index (χ0v) is 21.9. The van der Waals surface area contributed by atoms with Crippen LogP contribution in [0.15, 0.2) is 12.1 Å². The molecule has 0 heterocycles. The lowest BCUT2D eigenvalue weighted by atomic mass is 10.0. The van der Waals surface area contributed by atoms with Gasteiger partial charge in [-0.25, -0.2) is 0 Å². The van der Waals surface area contributed by atoms with Gasteiger partial charge in [-0.2, -0.15) is 0 Å². The van der Waals surface area contributed by atoms with Crippen molar-refractivity contribution in [1.82, 2.24) is 0 Å². The van der Waals surface area contributed by atoms with Crippen molar-refractivity contribution in [3.05, 3.63) is 26.4 Å². The highest BCUT2D eigenvalue weighted by Gasteiger charge is 2.24. The summed E-state index contributed by atoms with van der Waals surface area (Å²) in [6.45, 7) is 0. The third-order valence-electron chi connectivity index (χ3n) is 3.38. The second kappa shape index (κ2) is 8.97. The molecule has 0 aromatic heterocycles. The molecule has 0 aliphatic heterocycles. The number of hydrogen-bond donors (Lipinski definition) is 0. The second-order valence-electron chi connectivity index (χ2n) is 4.57. The van der Waals surface area contributed by atoms with Gasteiger partial charge in [0.05, 0.1) is 35.6 Å². The van der Waals surface area contributed by atoms with Crippen molar-refractivity contribution in [2.24, 2.45) is 0 Å². The van der Waals surface area contributed by atoms with Crippen molar-refractivity contribution in [2.75, 3.05) is 28.4 Å². The molecular formula is C16H14I4O4. The summed E-state index contributed by atoms with van der Waals surface area (Å²) in [5.41, 5.74) is 2.20. The van der Waals surface area contributed by atoms with Crippen LogP contribution in [0.4, 0.5) is 0 Å². The molecule has 4 nitrogen and oxygen atoms in total. The highest BCUT2D eigenvalue weighted by atomic mass is 127. The fraction of sp³-hybridized carbons (Fsp3) is 0.250. The van der Waals surface area contributed by atoms with Crippen LogP contribution in [-0.4, -0.2) is 28.4 Å². The highest BCUT2D eigenvalue weighted by Crippen LogP contribution is 2.48. The summed E-state index contributed by atoms with van der Waals surface area (Å²) in [6.07, 6.45) is 0. The molecule has 0 saturated heterocycles. The zero-order valence-electron chi connectivity index (χ0n) is 13.3. The van der Waals surface area contributed by atoms with Crippen LogP contribution in [0, 0.1) is 14.3 Å². The minimum atomic E-state index is 0.723. The normalized spacial score (nSPS) is 10.5. The van der Waals surface area contributed by atoms with E-state index in [4.69, 9.17) is 18.9 Å². The standard InChI is InChI=1S/C16H14I4O4/c1-21-9-5-7(17)11(13(19)15(9)23-3)12-8(18)6-10(22-2)16(24-4)14(12)20/h5-6H,1-4H3. The Morgan fingerprint density at radius 2 is 0.917 bits per heavy atom. The first-order valence-corrected chi connectivity index (χ1v) is 10.9. The maximum atomic E-state index is 5.57. The minimum Gasteiger partial charge on any atom is -0.493 e. The predicted octanol–water partition coefficient (Wildman–Crippen LogP) is 5.81. The zero-order chi connectivity index (χ0) is 18.0. The van der Waals surface area contributed by atoms with Gasteiger partial charge in [0, 0.05) is 18.3 Å². The van der Waals surface area contributed by atoms with E-state index in [0.717, 1.165) is 48.4 Å². The number of hydrogen-bond acceptors (Lipinski definition) is 4. The smallest absolute Gasteiger partial charge is 0.174 e. The summed E-state index contributed by atoms with van der Waals surface area (Å²) < 4.78 is 26.2. The second-order valence-corrected chi connectivity index (χ2v) is 9.05. The molecule has 0 saturated carbocycles. The molecule has 2 aromatic rings. The van der Waals surface area contributed by atoms with Gasteiger partial charge in [0.2, 0.25) is 0 Å². The Labute approximate surface area is 195 Å². The number of methoxy groups -OCH3 is 4. The van der Waals surface area contributed by atoms with Crippen LogP contribution < -0.4 is 18.9 Å². The van der Waals surface area contributed by atoms with E-state index in [9.17, 15) is 0 Å². The molecule has 0 bridgehead atoms. The van der Waals surface area contributed by atoms with Gasteiger partial charge in [-0.15, -0.1) is 0 Å². The number of rotatable bonds is 5. The topological polar surface area (TPSA) is 36.9 Å². The summed E-state index contributed by atoms with van der Waals surface area (Å²) in [5, 5.41) is 0. The van der Waals surface area contributed by atoms with Gasteiger partial charge in [-0.1, -0.05) is 0 Å². The molecule has 0 N–H and O–H groups in total. The van der Waals surface area contributed by atoms with Gasteiger partial charge in [-0.05, 0) is 102 Å². The van der Waals surface area contributed by atoms with E-state index in [1.54, 1.807) is 28.4 Å². The summed E-state index contributed by atoms with van der Waals surface area (Å²) in [4.78, 5) is 0. The average Bonchev–Trinajstić information content (AvgIpc) is 2.56. The molecule has 8 heteroatoms. The van der Waals surface area contributed by atoms with Crippen molar-refractivity contribution >= 4 is 90.4 Å². The maximum Gasteiger partial charge on any atom is 0.174 e. The summed E-state index contributed by atoms with van der Waals surface area (Å²) in [7, 11) is 6.60. The first-order chi connectivity index (χ1) is 11.4. The van der Waals surface area contributed by atoms with Crippen molar-refractivity contribution < 1.29 is 18.9 Å². The summed E-state index contributed by atoms with van der Waals surface area (Å²) in [6, 6.07) is 3.97. The molecule has 0 spiro atoms. The molecule has 0 aliphatic carbocycles. The Morgan fingerprint density at radius 3 is 1.17 bits per heavy atom. The maximum absolute atomic E-state index is 5.57. The lowest BCUT2D eigenvalue weighted by molar-refractivity contribution is 0.352. The van der Waals surface area contributed by atoms with Crippen molar-refractivity contribution in [2.45, 2.75) is 0 Å². The van der Waals surface area contributed by atoms with Crippen LogP contribution in [0.2, 0.25) is 0 Å². The Morgan fingerprint density at radius 1 is 0.583 bits per heavy atom. The largest absolute Gasteiger partial charge is 0.493 e. The minimum absolute atomic E-state index is 0.723. The van der Waals surface area contributed by atoms with Crippen molar-refractivity contribution in [3.8, 4) is 34.1 Å².